The Balaban J connectivity index is 3.88. The SMILES string of the molecule is C=C(C(=O)O)C(CCCCCCCC)CCCCCCCCC. The van der Waals surface area contributed by atoms with Crippen LogP contribution in [0.4, 0.5) is 0 Å². The standard InChI is InChI=1S/C21H40O2/c1-4-6-8-10-12-14-16-18-20(19(3)21(22)23)17-15-13-11-9-7-5-2/h20H,3-18H2,1-2H3,(H,22,23). The summed E-state index contributed by atoms with van der Waals surface area (Å²) in [6, 6.07) is 0. The predicted molar refractivity (Wildman–Crippen MR) is 101 cm³/mol. The second-order valence-corrected chi connectivity index (χ2v) is 6.99. The minimum absolute atomic E-state index is 0.189. The summed E-state index contributed by atoms with van der Waals surface area (Å²) >= 11 is 0. The zero-order chi connectivity index (χ0) is 17.3. The summed E-state index contributed by atoms with van der Waals surface area (Å²) < 4.78 is 0. The molecule has 0 fully saturated rings. The van der Waals surface area contributed by atoms with Crippen LogP contribution in [0.25, 0.3) is 0 Å². The number of unbranched alkanes of at least 4 members (excludes halogenated alkanes) is 11. The third-order valence-corrected chi connectivity index (χ3v) is 4.83. The fourth-order valence-corrected chi connectivity index (χ4v) is 3.19. The molecular formula is C21H40O2. The van der Waals surface area contributed by atoms with Gasteiger partial charge in [-0.05, 0) is 18.8 Å². The lowest BCUT2D eigenvalue weighted by molar-refractivity contribution is -0.133. The highest BCUT2D eigenvalue weighted by Crippen LogP contribution is 2.25. The minimum atomic E-state index is -0.802. The first-order valence-corrected chi connectivity index (χ1v) is 10.1. The van der Waals surface area contributed by atoms with Gasteiger partial charge in [0.2, 0.25) is 0 Å². The number of carboxylic acid groups (broad SMARTS) is 1. The molecule has 2 heteroatoms. The van der Waals surface area contributed by atoms with Gasteiger partial charge in [-0.25, -0.2) is 4.79 Å². The first kappa shape index (κ1) is 22.2. The number of hydrogen-bond acceptors (Lipinski definition) is 1. The van der Waals surface area contributed by atoms with Crippen LogP contribution in [0, 0.1) is 5.92 Å². The van der Waals surface area contributed by atoms with Crippen molar-refractivity contribution in [2.45, 2.75) is 110 Å². The van der Waals surface area contributed by atoms with Crippen LogP contribution in [0.1, 0.15) is 110 Å². The van der Waals surface area contributed by atoms with Crippen molar-refractivity contribution >= 4 is 5.97 Å². The van der Waals surface area contributed by atoms with Crippen molar-refractivity contribution in [1.82, 2.24) is 0 Å². The molecule has 1 atom stereocenters. The Hall–Kier alpha value is -0.790. The highest BCUT2D eigenvalue weighted by Gasteiger charge is 2.17. The van der Waals surface area contributed by atoms with E-state index in [9.17, 15) is 9.90 Å². The van der Waals surface area contributed by atoms with Gasteiger partial charge < -0.3 is 5.11 Å². The van der Waals surface area contributed by atoms with Crippen LogP contribution >= 0.6 is 0 Å². The second kappa shape index (κ2) is 16.1. The average Bonchev–Trinajstić information content (AvgIpc) is 2.54. The molecule has 136 valence electrons. The summed E-state index contributed by atoms with van der Waals surface area (Å²) in [7, 11) is 0. The molecule has 1 N–H and O–H groups in total. The Morgan fingerprint density at radius 1 is 0.739 bits per heavy atom. The molecule has 0 saturated carbocycles. The fourth-order valence-electron chi connectivity index (χ4n) is 3.19. The molecule has 0 aromatic carbocycles. The Morgan fingerprint density at radius 2 is 1.09 bits per heavy atom. The zero-order valence-corrected chi connectivity index (χ0v) is 15.7. The lowest BCUT2D eigenvalue weighted by Gasteiger charge is -2.17. The summed E-state index contributed by atoms with van der Waals surface area (Å²) in [5.41, 5.74) is 0.435. The van der Waals surface area contributed by atoms with Crippen molar-refractivity contribution < 1.29 is 9.90 Å². The van der Waals surface area contributed by atoms with E-state index in [0.717, 1.165) is 25.7 Å². The predicted octanol–water partition coefficient (Wildman–Crippen LogP) is 7.13. The van der Waals surface area contributed by atoms with Gasteiger partial charge in [0.1, 0.15) is 0 Å². The molecular weight excluding hydrogens is 284 g/mol. The quantitative estimate of drug-likeness (QED) is 0.228. The van der Waals surface area contributed by atoms with Gasteiger partial charge in [0.15, 0.2) is 0 Å². The van der Waals surface area contributed by atoms with Crippen LogP contribution in [0.15, 0.2) is 12.2 Å². The molecule has 0 heterocycles. The van der Waals surface area contributed by atoms with Crippen molar-refractivity contribution in [3.63, 3.8) is 0 Å². The molecule has 0 radical (unpaired) electrons. The number of carbonyl (C=O) groups is 1. The normalized spacial score (nSPS) is 12.3. The lowest BCUT2D eigenvalue weighted by atomic mass is 9.88. The van der Waals surface area contributed by atoms with Gasteiger partial charge in [-0.3, -0.25) is 0 Å². The van der Waals surface area contributed by atoms with Crippen LogP contribution in [0.5, 0.6) is 0 Å². The van der Waals surface area contributed by atoms with E-state index in [0.29, 0.717) is 5.57 Å². The Morgan fingerprint density at radius 3 is 1.43 bits per heavy atom. The van der Waals surface area contributed by atoms with E-state index >= 15 is 0 Å². The number of aliphatic carboxylic acids is 1. The van der Waals surface area contributed by atoms with Crippen molar-refractivity contribution in [2.24, 2.45) is 5.92 Å². The summed E-state index contributed by atoms with van der Waals surface area (Å²) in [6.07, 6.45) is 18.6. The Labute approximate surface area is 144 Å². The third-order valence-electron chi connectivity index (χ3n) is 4.83. The summed E-state index contributed by atoms with van der Waals surface area (Å²) in [5.74, 6) is -0.613. The van der Waals surface area contributed by atoms with Gasteiger partial charge in [-0.2, -0.15) is 0 Å². The van der Waals surface area contributed by atoms with E-state index in [1.807, 2.05) is 0 Å². The Kier molecular flexibility index (Phi) is 15.5. The van der Waals surface area contributed by atoms with Crippen molar-refractivity contribution in [1.29, 1.82) is 0 Å². The monoisotopic (exact) mass is 324 g/mol. The summed E-state index contributed by atoms with van der Waals surface area (Å²) in [6.45, 7) is 8.29. The zero-order valence-electron chi connectivity index (χ0n) is 15.7. The molecule has 0 aliphatic carbocycles. The first-order valence-electron chi connectivity index (χ1n) is 10.1. The number of carboxylic acids is 1. The molecule has 0 amide bonds. The molecule has 0 aliphatic rings. The smallest absolute Gasteiger partial charge is 0.331 e. The number of rotatable bonds is 17. The van der Waals surface area contributed by atoms with Gasteiger partial charge >= 0.3 is 5.97 Å². The van der Waals surface area contributed by atoms with Crippen molar-refractivity contribution in [2.75, 3.05) is 0 Å². The first-order chi connectivity index (χ1) is 11.1. The molecule has 0 spiro atoms. The van der Waals surface area contributed by atoms with Gasteiger partial charge in [0.25, 0.3) is 0 Å². The minimum Gasteiger partial charge on any atom is -0.478 e. The topological polar surface area (TPSA) is 37.3 Å². The van der Waals surface area contributed by atoms with Crippen molar-refractivity contribution in [3.8, 4) is 0 Å². The maximum Gasteiger partial charge on any atom is 0.331 e. The maximum absolute atomic E-state index is 11.2. The molecule has 0 saturated heterocycles. The largest absolute Gasteiger partial charge is 0.478 e. The van der Waals surface area contributed by atoms with E-state index in [4.69, 9.17) is 0 Å². The van der Waals surface area contributed by atoms with Crippen LogP contribution in [0.3, 0.4) is 0 Å². The molecule has 1 unspecified atom stereocenters. The molecule has 0 rings (SSSR count). The number of hydrogen-bond donors (Lipinski definition) is 1. The van der Waals surface area contributed by atoms with Gasteiger partial charge in [0, 0.05) is 5.57 Å². The molecule has 0 bridgehead atoms. The molecule has 0 aromatic heterocycles. The fraction of sp³-hybridized carbons (Fsp3) is 0.857. The van der Waals surface area contributed by atoms with Gasteiger partial charge in [-0.15, -0.1) is 0 Å². The van der Waals surface area contributed by atoms with E-state index in [1.54, 1.807) is 0 Å². The van der Waals surface area contributed by atoms with Crippen LogP contribution in [-0.4, -0.2) is 11.1 Å². The maximum atomic E-state index is 11.2. The van der Waals surface area contributed by atoms with E-state index in [2.05, 4.69) is 20.4 Å². The average molecular weight is 325 g/mol. The van der Waals surface area contributed by atoms with E-state index in [-0.39, 0.29) is 5.92 Å². The highest BCUT2D eigenvalue weighted by atomic mass is 16.4. The van der Waals surface area contributed by atoms with Crippen LogP contribution < -0.4 is 0 Å². The van der Waals surface area contributed by atoms with Gasteiger partial charge in [0.05, 0.1) is 0 Å². The van der Waals surface area contributed by atoms with E-state index in [1.165, 1.54) is 70.6 Å². The summed E-state index contributed by atoms with van der Waals surface area (Å²) in [5, 5.41) is 9.23. The molecule has 0 aliphatic heterocycles. The van der Waals surface area contributed by atoms with E-state index < -0.39 is 5.97 Å². The molecule has 2 nitrogen and oxygen atoms in total. The Bertz CT molecular complexity index is 296. The highest BCUT2D eigenvalue weighted by molar-refractivity contribution is 5.86. The van der Waals surface area contributed by atoms with Crippen LogP contribution in [0.2, 0.25) is 0 Å². The molecule has 23 heavy (non-hydrogen) atoms. The second-order valence-electron chi connectivity index (χ2n) is 6.99. The lowest BCUT2D eigenvalue weighted by Crippen LogP contribution is -2.12. The van der Waals surface area contributed by atoms with Crippen molar-refractivity contribution in [3.05, 3.63) is 12.2 Å². The third kappa shape index (κ3) is 13.4. The van der Waals surface area contributed by atoms with Crippen LogP contribution in [-0.2, 0) is 4.79 Å². The summed E-state index contributed by atoms with van der Waals surface area (Å²) in [4.78, 5) is 11.2. The van der Waals surface area contributed by atoms with Gasteiger partial charge in [-0.1, -0.05) is 104 Å². The molecule has 0 aromatic rings.